The Kier molecular flexibility index (Phi) is 1.73. The molecule has 0 aromatic carbocycles. The van der Waals surface area contributed by atoms with Crippen molar-refractivity contribution in [1.82, 2.24) is 0 Å². The van der Waals surface area contributed by atoms with Crippen LogP contribution in [0.15, 0.2) is 24.0 Å². The molecule has 16 heavy (non-hydrogen) atoms. The maximum absolute atomic E-state index is 11.1. The Morgan fingerprint density at radius 3 is 2.81 bits per heavy atom. The third-order valence-electron chi connectivity index (χ3n) is 3.92. The van der Waals surface area contributed by atoms with Crippen molar-refractivity contribution in [2.24, 2.45) is 5.92 Å². The number of carbonyl (C=O) groups is 1. The molecule has 5 aliphatic carbocycles. The number of rotatable bonds is 2. The number of esters is 1. The van der Waals surface area contributed by atoms with Gasteiger partial charge < -0.3 is 14.9 Å². The zero-order valence-corrected chi connectivity index (χ0v) is 8.90. The van der Waals surface area contributed by atoms with Crippen LogP contribution >= 0.6 is 0 Å². The molecule has 0 aromatic rings. The van der Waals surface area contributed by atoms with Crippen LogP contribution in [-0.2, 0) is 9.53 Å². The average molecular weight is 222 g/mol. The molecule has 0 spiro atoms. The van der Waals surface area contributed by atoms with Gasteiger partial charge in [-0.15, -0.1) is 0 Å². The van der Waals surface area contributed by atoms with Crippen molar-refractivity contribution in [3.05, 3.63) is 24.0 Å². The van der Waals surface area contributed by atoms with Gasteiger partial charge in [-0.25, -0.2) is 4.79 Å². The number of ether oxygens (including phenoxy) is 1. The van der Waals surface area contributed by atoms with Crippen molar-refractivity contribution in [2.45, 2.75) is 36.9 Å². The van der Waals surface area contributed by atoms with E-state index in [1.54, 1.807) is 0 Å². The lowest BCUT2D eigenvalue weighted by Crippen LogP contribution is -2.63. The van der Waals surface area contributed by atoms with Crippen molar-refractivity contribution < 1.29 is 19.7 Å². The summed E-state index contributed by atoms with van der Waals surface area (Å²) in [5, 5.41) is 20.4. The van der Waals surface area contributed by atoms with Crippen LogP contribution in [0, 0.1) is 5.92 Å². The monoisotopic (exact) mass is 222 g/mol. The second-order valence-corrected chi connectivity index (χ2v) is 5.18. The predicted molar refractivity (Wildman–Crippen MR) is 55.2 cm³/mol. The number of carbonyl (C=O) groups excluding carboxylic acids is 1. The zero-order chi connectivity index (χ0) is 11.6. The molecule has 0 amide bonds. The highest BCUT2D eigenvalue weighted by Crippen LogP contribution is 2.63. The van der Waals surface area contributed by atoms with Gasteiger partial charge in [0.15, 0.2) is 0 Å². The zero-order valence-electron chi connectivity index (χ0n) is 8.90. The first kappa shape index (κ1) is 10.1. The van der Waals surface area contributed by atoms with Gasteiger partial charge in [0, 0.05) is 24.5 Å². The average Bonchev–Trinajstić information content (AvgIpc) is 2.13. The van der Waals surface area contributed by atoms with E-state index in [0.717, 1.165) is 11.6 Å². The van der Waals surface area contributed by atoms with E-state index in [-0.39, 0.29) is 5.92 Å². The lowest BCUT2D eigenvalue weighted by atomic mass is 9.48. The minimum atomic E-state index is -0.924. The summed E-state index contributed by atoms with van der Waals surface area (Å²) in [5.74, 6) is 0.121. The second kappa shape index (κ2) is 2.76. The van der Waals surface area contributed by atoms with Gasteiger partial charge >= 0.3 is 5.97 Å². The smallest absolute Gasteiger partial charge is 0.335 e. The number of hydrogen-bond donors (Lipinski definition) is 2. The molecule has 4 nitrogen and oxygen atoms in total. The number of fused-ring (bicyclic) bond motifs is 1. The van der Waals surface area contributed by atoms with E-state index in [9.17, 15) is 15.0 Å². The normalized spacial score (nSPS) is 44.0. The van der Waals surface area contributed by atoms with Crippen molar-refractivity contribution in [2.75, 3.05) is 0 Å². The van der Waals surface area contributed by atoms with Crippen LogP contribution in [0.2, 0.25) is 0 Å². The van der Waals surface area contributed by atoms with E-state index in [2.05, 4.69) is 6.58 Å². The minimum Gasteiger partial charge on any atom is -0.428 e. The van der Waals surface area contributed by atoms with E-state index < -0.39 is 17.2 Å². The molecule has 3 atom stereocenters. The van der Waals surface area contributed by atoms with Gasteiger partial charge in [-0.1, -0.05) is 6.58 Å². The molecule has 0 aromatic heterocycles. The summed E-state index contributed by atoms with van der Waals surface area (Å²) in [6.45, 7) is 3.33. The van der Waals surface area contributed by atoms with Crippen molar-refractivity contribution in [3.63, 3.8) is 0 Å². The minimum absolute atomic E-state index is 0.185. The highest BCUT2D eigenvalue weighted by molar-refractivity contribution is 5.82. The largest absolute Gasteiger partial charge is 0.428 e. The predicted octanol–water partition coefficient (Wildman–Crippen LogP) is 0.649. The fraction of sp³-hybridized carbons (Fsp3) is 0.583. The quantitative estimate of drug-likeness (QED) is 0.531. The van der Waals surface area contributed by atoms with E-state index in [4.69, 9.17) is 4.74 Å². The summed E-state index contributed by atoms with van der Waals surface area (Å²) in [6, 6.07) is 0. The summed E-state index contributed by atoms with van der Waals surface area (Å²) < 4.78 is 5.11. The van der Waals surface area contributed by atoms with Crippen molar-refractivity contribution in [3.8, 4) is 0 Å². The van der Waals surface area contributed by atoms with Gasteiger partial charge in [-0.3, -0.25) is 0 Å². The Bertz CT molecular complexity index is 425. The van der Waals surface area contributed by atoms with Crippen LogP contribution in [-0.4, -0.2) is 27.4 Å². The van der Waals surface area contributed by atoms with Crippen molar-refractivity contribution >= 4 is 5.97 Å². The lowest BCUT2D eigenvalue weighted by molar-refractivity contribution is -0.170. The molecular formula is C12H14O4. The molecule has 3 fully saturated rings. The lowest BCUT2D eigenvalue weighted by Gasteiger charge is -2.61. The van der Waals surface area contributed by atoms with Crippen LogP contribution in [0.4, 0.5) is 0 Å². The van der Waals surface area contributed by atoms with E-state index in [0.29, 0.717) is 31.4 Å². The van der Waals surface area contributed by atoms with E-state index in [1.165, 1.54) is 0 Å². The van der Waals surface area contributed by atoms with Gasteiger partial charge in [0.25, 0.3) is 0 Å². The third kappa shape index (κ3) is 1.14. The molecule has 0 radical (unpaired) electrons. The van der Waals surface area contributed by atoms with Crippen LogP contribution in [0.3, 0.4) is 0 Å². The molecule has 0 saturated heterocycles. The van der Waals surface area contributed by atoms with Gasteiger partial charge in [0.1, 0.15) is 5.76 Å². The maximum Gasteiger partial charge on any atom is 0.335 e. The molecule has 3 unspecified atom stereocenters. The standard InChI is InChI=1S/C12H14O4/c1-2-9(13)16-8-5-11(14)3-7-4-12(15,6-11)10(7)8/h2,7,14-15H,1,3-6H2. The molecule has 4 heteroatoms. The molecule has 0 aliphatic heterocycles. The van der Waals surface area contributed by atoms with E-state index in [1.807, 2.05) is 0 Å². The first-order valence-electron chi connectivity index (χ1n) is 5.48. The summed E-state index contributed by atoms with van der Waals surface area (Å²) in [7, 11) is 0. The Morgan fingerprint density at radius 1 is 1.50 bits per heavy atom. The first-order valence-corrected chi connectivity index (χ1v) is 5.48. The molecule has 2 N–H and O–H groups in total. The highest BCUT2D eigenvalue weighted by atomic mass is 16.5. The van der Waals surface area contributed by atoms with Gasteiger partial charge in [0.05, 0.1) is 11.2 Å². The topological polar surface area (TPSA) is 66.8 Å². The van der Waals surface area contributed by atoms with Crippen LogP contribution in [0.25, 0.3) is 0 Å². The van der Waals surface area contributed by atoms with Crippen LogP contribution in [0.5, 0.6) is 0 Å². The summed E-state index contributed by atoms with van der Waals surface area (Å²) in [5.41, 5.74) is -0.985. The van der Waals surface area contributed by atoms with Gasteiger partial charge in [-0.2, -0.15) is 0 Å². The van der Waals surface area contributed by atoms with Crippen molar-refractivity contribution in [1.29, 1.82) is 0 Å². The van der Waals surface area contributed by atoms with E-state index >= 15 is 0 Å². The Morgan fingerprint density at radius 2 is 2.25 bits per heavy atom. The Hall–Kier alpha value is -1.13. The SMILES string of the molecule is C=CC(=O)OC1=C2C3CC(O)(C1)CC2(O)C3. The van der Waals surface area contributed by atoms with Gasteiger partial charge in [0.2, 0.25) is 0 Å². The summed E-state index contributed by atoms with van der Waals surface area (Å²) in [6.07, 6.45) is 3.16. The highest BCUT2D eigenvalue weighted by Gasteiger charge is 2.64. The fourth-order valence-corrected chi connectivity index (χ4v) is 3.56. The van der Waals surface area contributed by atoms with Crippen LogP contribution < -0.4 is 0 Å². The fourth-order valence-electron chi connectivity index (χ4n) is 3.56. The molecule has 4 bridgehead atoms. The molecule has 5 rings (SSSR count). The number of hydrogen-bond acceptors (Lipinski definition) is 4. The summed E-state index contributed by atoms with van der Waals surface area (Å²) in [4.78, 5) is 11.1. The molecule has 86 valence electrons. The third-order valence-corrected chi connectivity index (χ3v) is 3.92. The number of aliphatic hydroxyl groups is 2. The van der Waals surface area contributed by atoms with Gasteiger partial charge in [-0.05, 0) is 18.8 Å². The molecule has 3 saturated carbocycles. The second-order valence-electron chi connectivity index (χ2n) is 5.18. The molecule has 0 heterocycles. The first-order chi connectivity index (χ1) is 7.46. The van der Waals surface area contributed by atoms with Crippen LogP contribution in [0.1, 0.15) is 25.7 Å². The Labute approximate surface area is 93.2 Å². The molecular weight excluding hydrogens is 208 g/mol. The maximum atomic E-state index is 11.1. The molecule has 5 aliphatic rings. The summed E-state index contributed by atoms with van der Waals surface area (Å²) >= 11 is 0. The Balaban J connectivity index is 1.97.